The molecule has 738 valence electrons. The van der Waals surface area contributed by atoms with Crippen molar-refractivity contribution in [3.63, 3.8) is 0 Å². The summed E-state index contributed by atoms with van der Waals surface area (Å²) in [6, 6.07) is 73.5. The van der Waals surface area contributed by atoms with Crippen LogP contribution < -0.4 is 44.7 Å². The van der Waals surface area contributed by atoms with Gasteiger partial charge in [0.25, 0.3) is 0 Å². The van der Waals surface area contributed by atoms with Gasteiger partial charge in [-0.2, -0.15) is 10.5 Å². The highest BCUT2D eigenvalue weighted by Crippen LogP contribution is 2.29. The number of sulfonamides is 6. The molecule has 0 saturated heterocycles. The maximum atomic E-state index is 12.3. The second kappa shape index (κ2) is 64.4. The van der Waals surface area contributed by atoms with E-state index < -0.39 is 81.1 Å². The van der Waals surface area contributed by atoms with Gasteiger partial charge in [-0.3, -0.25) is 14.4 Å². The van der Waals surface area contributed by atoms with Crippen molar-refractivity contribution in [1.82, 2.24) is 43.9 Å². The molecule has 0 spiro atoms. The van der Waals surface area contributed by atoms with Crippen molar-refractivity contribution in [2.24, 2.45) is 5.73 Å². The highest BCUT2D eigenvalue weighted by Gasteiger charge is 2.19. The summed E-state index contributed by atoms with van der Waals surface area (Å²) in [5.74, 6) is -1.20. The number of nitrogens with two attached hydrogens (primary N) is 1. The smallest absolute Gasteiger partial charge is 0.310 e. The summed E-state index contributed by atoms with van der Waals surface area (Å²) in [7, 11) is -15.3. The summed E-state index contributed by atoms with van der Waals surface area (Å²) in [6.07, 6.45) is 11.1. The lowest BCUT2D eigenvalue weighted by Crippen LogP contribution is -2.27. The van der Waals surface area contributed by atoms with Gasteiger partial charge in [0.1, 0.15) is 4.98 Å². The fraction of sp³-hybridized carbons (Fsp3) is 0.293. The van der Waals surface area contributed by atoms with Crippen LogP contribution in [-0.2, 0) is 88.3 Å². The number of unbranched alkanes of at least 4 members (excludes halogenated alkanes) is 5. The van der Waals surface area contributed by atoms with Crippen molar-refractivity contribution >= 4 is 193 Å². The number of hydrogen-bond acceptors (Lipinski definition) is 23. The predicted octanol–water partition coefficient (Wildman–Crippen LogP) is 17.3. The first kappa shape index (κ1) is 122. The van der Waals surface area contributed by atoms with Crippen LogP contribution in [0.2, 0.25) is 0 Å². The molecule has 0 aliphatic rings. The molecule has 0 radical (unpaired) electrons. The van der Waals surface area contributed by atoms with Crippen LogP contribution in [0.4, 0.5) is 0 Å². The minimum absolute atomic E-state index is 0.0774. The van der Waals surface area contributed by atoms with E-state index in [1.807, 2.05) is 166 Å². The van der Waals surface area contributed by atoms with Crippen molar-refractivity contribution in [1.29, 1.82) is 10.5 Å². The van der Waals surface area contributed by atoms with Crippen LogP contribution in [0.15, 0.2) is 289 Å². The third-order valence-corrected chi connectivity index (χ3v) is 28.6. The fourth-order valence-corrected chi connectivity index (χ4v) is 18.4. The monoisotopic (exact) mass is 2400 g/mol. The topological polar surface area (TPSA) is 472 Å². The average molecular weight is 2410 g/mol. The summed E-state index contributed by atoms with van der Waals surface area (Å²) >= 11 is 19.4. The lowest BCUT2D eigenvalue weighted by molar-refractivity contribution is -0.156. The standard InChI is InChI=1S/C18H21BrN2O3S.C18H23BrN2O2S.C17H18BrN3O2S.C17H21BrN2O4S2.C16H19BrN2O2S.C4H6O3.CBrN.CH3ClO2S/c1-14(22)20-12-2-3-13-21-25(23,24)18-10-6-16(7-11-18)15-4-8-17(19)9-5-15;1-21(2)14-4-3-13-20-24(22,23)18-11-7-16(8-12-18)15-5-9-17(19)10-6-15;18-16-7-3-14(4-8-16)15-5-9-17(10-6-15)24(22,23)21-12-2-1-11-20-13-19;1-25(21,22)19-12-2-3-13-20-26(23,24)17-10-6-15(7-11-17)14-4-8-16(18)9-5-14;17-15-7-3-13(4-8-15)14-5-9-16(10-6-14)22(20,21)19-12-2-1-11-18;1-3(5)7-4(2)6;2-1-3;1-5(2,3)4/h4-11,21H,2-3,12-13H2,1H3,(H,20,22);5-12,20H,3-4,13-14H2,1-2H3;3-10,20-21H,1-2,11-12H2;4-11,19-20H,2-3,12-13H2,1H3;3-10,19H,1-2,11-12,18H2;1-2H3;;1H3. The highest BCUT2D eigenvalue weighted by molar-refractivity contribution is 9.12. The van der Waals surface area contributed by atoms with E-state index in [4.69, 9.17) is 16.3 Å². The van der Waals surface area contributed by atoms with Gasteiger partial charge in [-0.1, -0.05) is 201 Å². The first-order chi connectivity index (χ1) is 64.0. The Balaban J connectivity index is 0.000000421. The zero-order chi connectivity index (χ0) is 102. The Morgan fingerprint density at radius 3 is 0.691 bits per heavy atom. The van der Waals surface area contributed by atoms with Crippen LogP contribution >= 0.6 is 106 Å². The summed E-state index contributed by atoms with van der Waals surface area (Å²) in [5.41, 5.74) is 15.4. The van der Waals surface area contributed by atoms with Crippen LogP contribution in [0.3, 0.4) is 0 Å². The second-order valence-electron chi connectivity index (χ2n) is 29.3. The minimum Gasteiger partial charge on any atom is -0.394 e. The Hall–Kier alpha value is -7.91. The zero-order valence-electron chi connectivity index (χ0n) is 75.5. The SMILES string of the molecule is CC(=O)NCCCCNS(=O)(=O)c1ccc(-c2ccc(Br)cc2)cc1.CC(=O)OC(C)=O.CN(C)CCCCNS(=O)(=O)c1ccc(-c2ccc(Br)cc2)cc1.CS(=O)(=O)Cl.CS(=O)(=O)NCCCCNS(=O)(=O)c1ccc(-c2ccc(Br)cc2)cc1.N#CBr.N#CNCCCCNS(=O)(=O)c1ccc(-c2ccc(Br)cc2)cc1.NCCCCNS(=O)(=O)c1ccc(-c2ccc(Br)cc2)cc1. The van der Waals surface area contributed by atoms with Crippen LogP contribution in [0.1, 0.15) is 85.0 Å². The lowest BCUT2D eigenvalue weighted by atomic mass is 10.1. The number of nitrogens with zero attached hydrogens (tertiary/aromatic N) is 3. The summed E-state index contributed by atoms with van der Waals surface area (Å²) in [4.78, 5) is 35.3. The van der Waals surface area contributed by atoms with E-state index in [0.29, 0.717) is 82.9 Å². The molecule has 10 aromatic rings. The molecule has 44 heteroatoms. The predicted molar refractivity (Wildman–Crippen MR) is 560 cm³/mol. The van der Waals surface area contributed by atoms with Crippen molar-refractivity contribution in [2.75, 3.05) is 92.1 Å². The van der Waals surface area contributed by atoms with Gasteiger partial charge in [0.15, 0.2) is 6.19 Å². The summed E-state index contributed by atoms with van der Waals surface area (Å²) in [5, 5.41) is 20.8. The van der Waals surface area contributed by atoms with Gasteiger partial charge in [0.05, 0.1) is 37.0 Å². The molecule has 10 aromatic carbocycles. The van der Waals surface area contributed by atoms with Crippen molar-refractivity contribution in [3.8, 4) is 66.8 Å². The van der Waals surface area contributed by atoms with Crippen LogP contribution in [0, 0.1) is 21.7 Å². The minimum atomic E-state index is -3.58. The number of nitrogens with one attached hydrogen (secondary N) is 8. The lowest BCUT2D eigenvalue weighted by Gasteiger charge is -2.10. The second-order valence-corrected chi connectivity index (χ2v) is 48.0. The molecule has 10 N–H and O–H groups in total. The number of ether oxygens (including phenoxy) is 1. The number of esters is 2. The van der Waals surface area contributed by atoms with Gasteiger partial charge in [-0.05, 0) is 268 Å². The number of benzene rings is 10. The molecule has 0 aromatic heterocycles. The Morgan fingerprint density at radius 2 is 0.515 bits per heavy atom. The van der Waals surface area contributed by atoms with Crippen molar-refractivity contribution in [3.05, 3.63) is 265 Å². The summed E-state index contributed by atoms with van der Waals surface area (Å²) in [6.45, 7) is 8.58. The molecule has 0 saturated carbocycles. The maximum absolute atomic E-state index is 12.3. The van der Waals surface area contributed by atoms with Crippen molar-refractivity contribution in [2.45, 2.75) is 109 Å². The normalized spacial score (nSPS) is 11.2. The van der Waals surface area contributed by atoms with E-state index in [1.165, 1.54) is 20.8 Å². The number of hydrogen-bond donors (Lipinski definition) is 9. The van der Waals surface area contributed by atoms with E-state index in [0.717, 1.165) is 136 Å². The number of amides is 1. The average Bonchev–Trinajstić information content (AvgIpc) is 0.843. The number of halogens is 7. The molecule has 0 heterocycles. The molecule has 0 aliphatic carbocycles. The van der Waals surface area contributed by atoms with Gasteiger partial charge in [-0.15, -0.1) is 0 Å². The molecule has 0 unspecified atom stereocenters. The molecular formula is C92H111Br6ClN12O18S7. The quantitative estimate of drug-likeness (QED) is 0.00430. The van der Waals surface area contributed by atoms with Gasteiger partial charge in [0.2, 0.25) is 75.1 Å². The van der Waals surface area contributed by atoms with Gasteiger partial charge in [0, 0.05) is 122 Å². The summed E-state index contributed by atoms with van der Waals surface area (Å²) < 4.78 is 187. The Bertz CT molecular complexity index is 6250. The van der Waals surface area contributed by atoms with E-state index >= 15 is 0 Å². The molecule has 10 rings (SSSR count). The van der Waals surface area contributed by atoms with Crippen LogP contribution in [-0.4, -0.2) is 174 Å². The fourth-order valence-electron chi connectivity index (χ4n) is 11.2. The first-order valence-corrected chi connectivity index (χ1v) is 58.3. The van der Waals surface area contributed by atoms with Gasteiger partial charge in [-0.25, -0.2) is 87.3 Å². The zero-order valence-corrected chi connectivity index (χ0v) is 91.5. The molecule has 0 bridgehead atoms. The van der Waals surface area contributed by atoms with E-state index in [2.05, 4.69) is 155 Å². The molecule has 0 atom stereocenters. The number of nitriles is 2. The number of carbonyl (C=O) groups excluding carboxylic acids is 3. The molecular weight excluding hydrogens is 2300 g/mol. The first-order valence-electron chi connectivity index (χ1n) is 41.6. The Labute approximate surface area is 856 Å². The maximum Gasteiger partial charge on any atom is 0.310 e. The number of carbonyl (C=O) groups is 3. The molecule has 0 aliphatic heterocycles. The highest BCUT2D eigenvalue weighted by atomic mass is 79.9. The Morgan fingerprint density at radius 1 is 0.331 bits per heavy atom. The van der Waals surface area contributed by atoms with E-state index in [1.54, 1.807) is 102 Å². The largest absolute Gasteiger partial charge is 0.394 e. The van der Waals surface area contributed by atoms with E-state index in [9.17, 15) is 73.3 Å². The van der Waals surface area contributed by atoms with Crippen LogP contribution in [0.25, 0.3) is 55.6 Å². The van der Waals surface area contributed by atoms with E-state index in [-0.39, 0.29) is 32.0 Å². The van der Waals surface area contributed by atoms with Gasteiger partial charge < -0.3 is 26.0 Å². The third kappa shape index (κ3) is 53.5. The van der Waals surface area contributed by atoms with Gasteiger partial charge >= 0.3 is 11.9 Å². The Kier molecular flexibility index (Phi) is 57.9. The van der Waals surface area contributed by atoms with Crippen molar-refractivity contribution < 1.29 is 78.0 Å². The molecule has 30 nitrogen and oxygen atoms in total. The molecule has 136 heavy (non-hydrogen) atoms. The molecule has 1 amide bonds. The third-order valence-electron chi connectivity index (χ3n) is 17.9. The number of rotatable bonds is 40. The van der Waals surface area contributed by atoms with Crippen LogP contribution in [0.5, 0.6) is 0 Å². The molecule has 0 fully saturated rings.